The number of aliphatic hydroxyl groups is 2. The second kappa shape index (κ2) is 20.6. The second-order valence-electron chi connectivity index (χ2n) is 16.3. The average Bonchev–Trinajstić information content (AvgIpc) is 3.31. The molecule has 0 radical (unpaired) electrons. The summed E-state index contributed by atoms with van der Waals surface area (Å²) in [7, 11) is 3.19. The first kappa shape index (κ1) is 44.0. The summed E-state index contributed by atoms with van der Waals surface area (Å²) in [6.07, 6.45) is 13.8. The van der Waals surface area contributed by atoms with Gasteiger partial charge in [-0.15, -0.1) is 0 Å². The third kappa shape index (κ3) is 10.2. The molecule has 8 rings (SSSR count). The van der Waals surface area contributed by atoms with Gasteiger partial charge in [-0.25, -0.2) is 0 Å². The zero-order valence-electron chi connectivity index (χ0n) is 36.0. The van der Waals surface area contributed by atoms with E-state index in [1.54, 1.807) is 20.3 Å². The van der Waals surface area contributed by atoms with Crippen molar-refractivity contribution >= 4 is 39.4 Å². The van der Waals surface area contributed by atoms with Gasteiger partial charge in [0, 0.05) is 28.9 Å². The first-order chi connectivity index (χ1) is 30.2. The van der Waals surface area contributed by atoms with E-state index in [-0.39, 0.29) is 23.9 Å². The summed E-state index contributed by atoms with van der Waals surface area (Å²) in [4.78, 5) is 35.4. The lowest BCUT2D eigenvalue weighted by atomic mass is 9.91. The van der Waals surface area contributed by atoms with Crippen molar-refractivity contribution in [3.63, 3.8) is 0 Å². The molecule has 0 unspecified atom stereocenters. The monoisotopic (exact) mass is 834 g/mol. The molecule has 62 heavy (non-hydrogen) atoms. The fraction of sp³-hybridized carbons (Fsp3) is 0.346. The van der Waals surface area contributed by atoms with Crippen LogP contribution in [0.5, 0.6) is 11.5 Å². The Kier molecular flexibility index (Phi) is 14.6. The van der Waals surface area contributed by atoms with Crippen LogP contribution in [-0.2, 0) is 19.3 Å². The molecule has 322 valence electrons. The van der Waals surface area contributed by atoms with Crippen molar-refractivity contribution in [3.05, 3.63) is 149 Å². The quantitative estimate of drug-likeness (QED) is 0.0958. The van der Waals surface area contributed by atoms with E-state index in [1.165, 1.54) is 0 Å². The fourth-order valence-corrected chi connectivity index (χ4v) is 8.84. The number of benzene rings is 4. The van der Waals surface area contributed by atoms with Crippen molar-refractivity contribution in [2.45, 2.75) is 102 Å². The summed E-state index contributed by atoms with van der Waals surface area (Å²) in [6, 6.07) is 27.5. The minimum atomic E-state index is -0.502. The highest BCUT2D eigenvalue weighted by Crippen LogP contribution is 2.36. The SMILES string of the molecule is C=Cc1ccc(Cc2cc(C(=O)N[C@H]3CCCC[C@@H]3O)c(OC)c3ccccc23)cn1.CCc1ccc(Cc2cc(C(=O)N[C@H]3CCCC[C@@H]3O)c(OC)c3ccccc23)cn1. The second-order valence-corrected chi connectivity index (χ2v) is 16.3. The summed E-state index contributed by atoms with van der Waals surface area (Å²) in [5.41, 5.74) is 7.12. The Bertz CT molecular complexity index is 2500. The number of aliphatic hydroxyl groups excluding tert-OH is 2. The van der Waals surface area contributed by atoms with Gasteiger partial charge in [0.25, 0.3) is 11.8 Å². The largest absolute Gasteiger partial charge is 0.495 e. The summed E-state index contributed by atoms with van der Waals surface area (Å²) in [5, 5.41) is 30.6. The van der Waals surface area contributed by atoms with Gasteiger partial charge in [-0.3, -0.25) is 19.6 Å². The lowest BCUT2D eigenvalue weighted by Gasteiger charge is -2.28. The Hall–Kier alpha value is -6.10. The van der Waals surface area contributed by atoms with Crippen LogP contribution in [0.3, 0.4) is 0 Å². The number of pyridine rings is 2. The molecule has 0 aliphatic heterocycles. The van der Waals surface area contributed by atoms with E-state index in [0.717, 1.165) is 113 Å². The van der Waals surface area contributed by atoms with E-state index >= 15 is 0 Å². The minimum Gasteiger partial charge on any atom is -0.495 e. The summed E-state index contributed by atoms with van der Waals surface area (Å²) >= 11 is 0. The van der Waals surface area contributed by atoms with E-state index in [1.807, 2.05) is 79.1 Å². The van der Waals surface area contributed by atoms with Gasteiger partial charge in [0.1, 0.15) is 11.5 Å². The number of aromatic nitrogens is 2. The standard InChI is InChI=1S/C26H30N2O3.C26H28N2O3/c2*1-3-19-13-12-17(16-27-19)14-18-15-22(25(31-2)21-9-5-4-8-20(18)21)26(30)28-23-10-6-7-11-24(23)29/h4-5,8-9,12-13,15-16,23-24,29H,3,6-7,10-11,14H2,1-2H3,(H,28,30);3-5,8-9,12-13,15-16,23-24,29H,1,6-7,10-11,14H2,2H3,(H,28,30)/t2*23-,24-/m00/s1. The summed E-state index contributed by atoms with van der Waals surface area (Å²) < 4.78 is 11.4. The number of carbonyl (C=O) groups excluding carboxylic acids is 2. The summed E-state index contributed by atoms with van der Waals surface area (Å²) in [5.74, 6) is 0.716. The molecule has 0 spiro atoms. The summed E-state index contributed by atoms with van der Waals surface area (Å²) in [6.45, 7) is 5.84. The molecule has 2 aliphatic carbocycles. The minimum absolute atomic E-state index is 0.200. The Morgan fingerprint density at radius 3 is 1.50 bits per heavy atom. The number of nitrogens with one attached hydrogen (secondary N) is 2. The fourth-order valence-electron chi connectivity index (χ4n) is 8.84. The van der Waals surface area contributed by atoms with E-state index in [4.69, 9.17) is 9.47 Å². The number of aryl methyl sites for hydroxylation is 1. The van der Waals surface area contributed by atoms with Crippen LogP contribution in [0.25, 0.3) is 27.6 Å². The van der Waals surface area contributed by atoms with Crippen LogP contribution in [-0.4, -0.2) is 70.5 Å². The molecule has 2 saturated carbocycles. The zero-order chi connectivity index (χ0) is 43.6. The van der Waals surface area contributed by atoms with Gasteiger partial charge in [0.05, 0.1) is 55.3 Å². The molecule has 2 aliphatic rings. The zero-order valence-corrected chi connectivity index (χ0v) is 36.0. The van der Waals surface area contributed by atoms with Crippen molar-refractivity contribution in [1.82, 2.24) is 20.6 Å². The van der Waals surface area contributed by atoms with Crippen LogP contribution in [0.2, 0.25) is 0 Å². The lowest BCUT2D eigenvalue weighted by molar-refractivity contribution is 0.0713. The number of ether oxygens (including phenoxy) is 2. The molecule has 6 aromatic rings. The smallest absolute Gasteiger partial charge is 0.255 e. The molecule has 2 heterocycles. The third-order valence-corrected chi connectivity index (χ3v) is 12.2. The molecule has 2 aromatic heterocycles. The molecular weight excluding hydrogens is 777 g/mol. The van der Waals surface area contributed by atoms with Gasteiger partial charge in [-0.1, -0.05) is 99.8 Å². The molecule has 0 saturated heterocycles. The lowest BCUT2D eigenvalue weighted by Crippen LogP contribution is -2.45. The number of fused-ring (bicyclic) bond motifs is 2. The maximum absolute atomic E-state index is 13.3. The number of methoxy groups -OCH3 is 2. The number of hydrogen-bond donors (Lipinski definition) is 4. The van der Waals surface area contributed by atoms with Crippen LogP contribution in [0, 0.1) is 0 Å². The van der Waals surface area contributed by atoms with E-state index in [2.05, 4.69) is 52.3 Å². The van der Waals surface area contributed by atoms with Crippen molar-refractivity contribution in [1.29, 1.82) is 0 Å². The van der Waals surface area contributed by atoms with Gasteiger partial charge in [0.2, 0.25) is 0 Å². The molecular formula is C52H58N4O6. The highest BCUT2D eigenvalue weighted by Gasteiger charge is 2.28. The number of amides is 2. The van der Waals surface area contributed by atoms with E-state index < -0.39 is 12.2 Å². The van der Waals surface area contributed by atoms with Crippen molar-refractivity contribution < 1.29 is 29.3 Å². The first-order valence-corrected chi connectivity index (χ1v) is 21.9. The van der Waals surface area contributed by atoms with Crippen LogP contribution in [0.4, 0.5) is 0 Å². The molecule has 4 atom stereocenters. The number of rotatable bonds is 12. The third-order valence-electron chi connectivity index (χ3n) is 12.2. The molecule has 0 bridgehead atoms. The molecule has 4 N–H and O–H groups in total. The molecule has 2 amide bonds. The van der Waals surface area contributed by atoms with Crippen LogP contribution >= 0.6 is 0 Å². The number of hydrogen-bond acceptors (Lipinski definition) is 8. The van der Waals surface area contributed by atoms with Crippen LogP contribution < -0.4 is 20.1 Å². The van der Waals surface area contributed by atoms with Crippen molar-refractivity contribution in [3.8, 4) is 11.5 Å². The Morgan fingerprint density at radius 1 is 0.661 bits per heavy atom. The molecule has 10 nitrogen and oxygen atoms in total. The predicted molar refractivity (Wildman–Crippen MR) is 246 cm³/mol. The normalized spacial score (nSPS) is 18.6. The number of nitrogens with zero attached hydrogens (tertiary/aromatic N) is 2. The topological polar surface area (TPSA) is 143 Å². The maximum Gasteiger partial charge on any atom is 0.255 e. The highest BCUT2D eigenvalue weighted by atomic mass is 16.5. The molecule has 10 heteroatoms. The van der Waals surface area contributed by atoms with E-state index in [9.17, 15) is 19.8 Å². The van der Waals surface area contributed by atoms with Gasteiger partial charge in [-0.05, 0) is 108 Å². The first-order valence-electron chi connectivity index (χ1n) is 21.9. The van der Waals surface area contributed by atoms with Gasteiger partial charge < -0.3 is 30.3 Å². The molecule has 2 fully saturated rings. The Morgan fingerprint density at radius 2 is 1.11 bits per heavy atom. The molecule has 4 aromatic carbocycles. The van der Waals surface area contributed by atoms with Gasteiger partial charge in [-0.2, -0.15) is 0 Å². The predicted octanol–water partition coefficient (Wildman–Crippen LogP) is 8.94. The van der Waals surface area contributed by atoms with Gasteiger partial charge >= 0.3 is 0 Å². The van der Waals surface area contributed by atoms with Crippen molar-refractivity contribution in [2.75, 3.05) is 14.2 Å². The Labute approximate surface area is 364 Å². The Balaban J connectivity index is 0.000000186. The van der Waals surface area contributed by atoms with Gasteiger partial charge in [0.15, 0.2) is 0 Å². The van der Waals surface area contributed by atoms with Crippen molar-refractivity contribution in [2.24, 2.45) is 0 Å². The number of carbonyl (C=O) groups is 2. The average molecular weight is 835 g/mol. The highest BCUT2D eigenvalue weighted by molar-refractivity contribution is 6.06. The van der Waals surface area contributed by atoms with Crippen LogP contribution in [0.1, 0.15) is 113 Å². The van der Waals surface area contributed by atoms with Crippen LogP contribution in [0.15, 0.2) is 104 Å². The maximum atomic E-state index is 13.3. The van der Waals surface area contributed by atoms with E-state index in [0.29, 0.717) is 35.5 Å².